The number of hydrogen-bond donors (Lipinski definition) is 2. The molecular weight excluding hydrogens is 274 g/mol. The molecule has 21 heavy (non-hydrogen) atoms. The van der Waals surface area contributed by atoms with Gasteiger partial charge in [-0.05, 0) is 27.2 Å². The molecule has 0 bridgehead atoms. The highest BCUT2D eigenvalue weighted by molar-refractivity contribution is 5.62. The van der Waals surface area contributed by atoms with Crippen molar-refractivity contribution in [2.45, 2.75) is 39.7 Å². The maximum absolute atomic E-state index is 11.3. The molecule has 0 spiro atoms. The summed E-state index contributed by atoms with van der Waals surface area (Å²) in [6.45, 7) is 7.77. The van der Waals surface area contributed by atoms with Gasteiger partial charge in [-0.25, -0.2) is 4.98 Å². The Morgan fingerprint density at radius 2 is 2.05 bits per heavy atom. The molecule has 0 fully saturated rings. The second kappa shape index (κ2) is 6.66. The molecule has 0 aliphatic carbocycles. The van der Waals surface area contributed by atoms with Crippen LogP contribution in [0.3, 0.4) is 0 Å². The fraction of sp³-hybridized carbons (Fsp3) is 0.692. The van der Waals surface area contributed by atoms with Crippen LogP contribution in [0, 0.1) is 17.0 Å². The van der Waals surface area contributed by atoms with Crippen LogP contribution in [0.25, 0.3) is 0 Å². The number of rotatable bonds is 7. The van der Waals surface area contributed by atoms with Gasteiger partial charge in [-0.3, -0.25) is 10.1 Å². The predicted octanol–water partition coefficient (Wildman–Crippen LogP) is 1.72. The number of likely N-dealkylation sites (N-methyl/N-ethyl adjacent to an activating group) is 1. The number of hydrogen-bond acceptors (Lipinski definition) is 7. The molecule has 8 nitrogen and oxygen atoms in total. The molecule has 1 aromatic rings. The summed E-state index contributed by atoms with van der Waals surface area (Å²) >= 11 is 0. The lowest BCUT2D eigenvalue weighted by atomic mass is 10.1. The van der Waals surface area contributed by atoms with E-state index in [1.165, 1.54) is 0 Å². The van der Waals surface area contributed by atoms with Crippen molar-refractivity contribution in [2.75, 3.05) is 30.4 Å². The summed E-state index contributed by atoms with van der Waals surface area (Å²) in [6, 6.07) is 0. The number of aliphatic hydroxyl groups is 1. The first kappa shape index (κ1) is 17.1. The van der Waals surface area contributed by atoms with Crippen LogP contribution in [0.4, 0.5) is 17.5 Å². The maximum atomic E-state index is 11.3. The molecule has 0 atom stereocenters. The summed E-state index contributed by atoms with van der Waals surface area (Å²) in [4.78, 5) is 20.7. The van der Waals surface area contributed by atoms with Crippen molar-refractivity contribution in [3.05, 3.63) is 15.8 Å². The Kier molecular flexibility index (Phi) is 5.42. The fourth-order valence-electron chi connectivity index (χ4n) is 2.00. The molecular formula is C13H23N5O3. The molecule has 1 rings (SSSR count). The molecule has 1 aromatic heterocycles. The standard InChI is InChI=1S/C13H23N5O3/c1-6-7-14-12-15-9(2)10(18(20)21)11(16-12)17(5)8-13(3,4)19/h19H,6-8H2,1-5H3,(H,14,15,16). The van der Waals surface area contributed by atoms with E-state index in [9.17, 15) is 15.2 Å². The Labute approximate surface area is 124 Å². The van der Waals surface area contributed by atoms with Gasteiger partial charge in [0.15, 0.2) is 0 Å². The molecule has 0 aromatic carbocycles. The normalized spacial score (nSPS) is 11.3. The molecule has 0 aliphatic heterocycles. The minimum absolute atomic E-state index is 0.135. The Hall–Kier alpha value is -1.96. The minimum atomic E-state index is -0.988. The first-order chi connectivity index (χ1) is 9.65. The smallest absolute Gasteiger partial charge is 0.332 e. The third-order valence-electron chi connectivity index (χ3n) is 2.74. The van der Waals surface area contributed by atoms with Crippen molar-refractivity contribution < 1.29 is 10.0 Å². The van der Waals surface area contributed by atoms with Gasteiger partial charge in [0.05, 0.1) is 10.5 Å². The summed E-state index contributed by atoms with van der Waals surface area (Å²) in [7, 11) is 1.66. The quantitative estimate of drug-likeness (QED) is 0.583. The van der Waals surface area contributed by atoms with Crippen LogP contribution >= 0.6 is 0 Å². The van der Waals surface area contributed by atoms with Crippen LogP contribution in [0.15, 0.2) is 0 Å². The Morgan fingerprint density at radius 3 is 2.52 bits per heavy atom. The van der Waals surface area contributed by atoms with E-state index in [-0.39, 0.29) is 18.1 Å². The molecule has 2 N–H and O–H groups in total. The molecule has 0 amide bonds. The van der Waals surface area contributed by atoms with E-state index in [4.69, 9.17) is 0 Å². The average Bonchev–Trinajstić information content (AvgIpc) is 2.32. The zero-order chi connectivity index (χ0) is 16.2. The Bertz CT molecular complexity index is 513. The van der Waals surface area contributed by atoms with Gasteiger partial charge >= 0.3 is 5.69 Å². The van der Waals surface area contributed by atoms with E-state index in [2.05, 4.69) is 15.3 Å². The van der Waals surface area contributed by atoms with Gasteiger partial charge in [0.2, 0.25) is 11.8 Å². The number of aromatic nitrogens is 2. The van der Waals surface area contributed by atoms with Crippen LogP contribution in [-0.4, -0.2) is 45.7 Å². The van der Waals surface area contributed by atoms with Crippen molar-refractivity contribution in [1.82, 2.24) is 9.97 Å². The zero-order valence-electron chi connectivity index (χ0n) is 13.2. The van der Waals surface area contributed by atoms with Crippen LogP contribution in [-0.2, 0) is 0 Å². The molecule has 0 saturated carbocycles. The maximum Gasteiger partial charge on any atom is 0.332 e. The van der Waals surface area contributed by atoms with E-state index in [0.717, 1.165) is 6.42 Å². The summed E-state index contributed by atoms with van der Waals surface area (Å²) in [6.07, 6.45) is 0.897. The predicted molar refractivity (Wildman–Crippen MR) is 81.8 cm³/mol. The van der Waals surface area contributed by atoms with Crippen LogP contribution < -0.4 is 10.2 Å². The van der Waals surface area contributed by atoms with Crippen molar-refractivity contribution in [3.63, 3.8) is 0 Å². The molecule has 0 unspecified atom stereocenters. The lowest BCUT2D eigenvalue weighted by Crippen LogP contribution is -2.37. The molecule has 0 aliphatic rings. The molecule has 0 saturated heterocycles. The van der Waals surface area contributed by atoms with Gasteiger partial charge in [-0.1, -0.05) is 6.92 Å². The summed E-state index contributed by atoms with van der Waals surface area (Å²) in [5.41, 5.74) is -0.826. The summed E-state index contributed by atoms with van der Waals surface area (Å²) in [5.74, 6) is 0.561. The van der Waals surface area contributed by atoms with Crippen molar-refractivity contribution >= 4 is 17.5 Å². The summed E-state index contributed by atoms with van der Waals surface area (Å²) in [5, 5.41) is 24.2. The third kappa shape index (κ3) is 4.82. The molecule has 1 heterocycles. The van der Waals surface area contributed by atoms with E-state index >= 15 is 0 Å². The van der Waals surface area contributed by atoms with Gasteiger partial charge in [0, 0.05) is 20.1 Å². The second-order valence-corrected chi connectivity index (χ2v) is 5.66. The van der Waals surface area contributed by atoms with E-state index in [1.54, 1.807) is 32.7 Å². The Morgan fingerprint density at radius 1 is 1.43 bits per heavy atom. The first-order valence-electron chi connectivity index (χ1n) is 6.86. The molecule has 8 heteroatoms. The number of nitrogens with one attached hydrogen (secondary N) is 1. The van der Waals surface area contributed by atoms with Gasteiger partial charge in [0.1, 0.15) is 5.69 Å². The van der Waals surface area contributed by atoms with E-state index in [1.807, 2.05) is 6.92 Å². The zero-order valence-corrected chi connectivity index (χ0v) is 13.2. The van der Waals surface area contributed by atoms with Crippen molar-refractivity contribution in [2.24, 2.45) is 0 Å². The van der Waals surface area contributed by atoms with Crippen LogP contribution in [0.1, 0.15) is 32.9 Å². The number of nitro groups is 1. The minimum Gasteiger partial charge on any atom is -0.389 e. The topological polar surface area (TPSA) is 104 Å². The highest BCUT2D eigenvalue weighted by Crippen LogP contribution is 2.29. The highest BCUT2D eigenvalue weighted by Gasteiger charge is 2.27. The molecule has 0 radical (unpaired) electrons. The number of anilines is 2. The fourth-order valence-corrected chi connectivity index (χ4v) is 2.00. The van der Waals surface area contributed by atoms with Crippen molar-refractivity contribution in [1.29, 1.82) is 0 Å². The lowest BCUT2D eigenvalue weighted by molar-refractivity contribution is -0.385. The number of nitrogens with zero attached hydrogens (tertiary/aromatic N) is 4. The van der Waals surface area contributed by atoms with E-state index in [0.29, 0.717) is 18.2 Å². The van der Waals surface area contributed by atoms with Crippen molar-refractivity contribution in [3.8, 4) is 0 Å². The highest BCUT2D eigenvalue weighted by atomic mass is 16.6. The Balaban J connectivity index is 3.24. The monoisotopic (exact) mass is 297 g/mol. The van der Waals surface area contributed by atoms with Gasteiger partial charge in [-0.15, -0.1) is 0 Å². The SMILES string of the molecule is CCCNc1nc(C)c([N+](=O)[O-])c(N(C)CC(C)(C)O)n1. The second-order valence-electron chi connectivity index (χ2n) is 5.66. The van der Waals surface area contributed by atoms with Gasteiger partial charge < -0.3 is 15.3 Å². The lowest BCUT2D eigenvalue weighted by Gasteiger charge is -2.26. The van der Waals surface area contributed by atoms with Gasteiger partial charge in [-0.2, -0.15) is 4.98 Å². The first-order valence-corrected chi connectivity index (χ1v) is 6.86. The number of aryl methyl sites for hydroxylation is 1. The van der Waals surface area contributed by atoms with Crippen LogP contribution in [0.2, 0.25) is 0 Å². The average molecular weight is 297 g/mol. The van der Waals surface area contributed by atoms with Crippen LogP contribution in [0.5, 0.6) is 0 Å². The largest absolute Gasteiger partial charge is 0.389 e. The summed E-state index contributed by atoms with van der Waals surface area (Å²) < 4.78 is 0. The molecule has 118 valence electrons. The van der Waals surface area contributed by atoms with E-state index < -0.39 is 10.5 Å². The van der Waals surface area contributed by atoms with Gasteiger partial charge in [0.25, 0.3) is 0 Å². The third-order valence-corrected chi connectivity index (χ3v) is 2.74.